The van der Waals surface area contributed by atoms with Crippen LogP contribution in [0.2, 0.25) is 0 Å². The Morgan fingerprint density at radius 2 is 2.16 bits per heavy atom. The zero-order valence-corrected chi connectivity index (χ0v) is 15.1. The number of amides is 1. The van der Waals surface area contributed by atoms with Gasteiger partial charge in [-0.1, -0.05) is 11.8 Å². The Morgan fingerprint density at radius 1 is 1.44 bits per heavy atom. The largest absolute Gasteiger partial charge is 0.490 e. The molecule has 2 rings (SSSR count). The van der Waals surface area contributed by atoms with Crippen LogP contribution in [0, 0.1) is 17.0 Å². The number of thiocarbonyl (C=S) groups is 1. The highest BCUT2D eigenvalue weighted by Gasteiger charge is 2.19. The van der Waals surface area contributed by atoms with Gasteiger partial charge in [-0.25, -0.2) is 4.68 Å². The third-order valence-corrected chi connectivity index (χ3v) is 3.88. The molecule has 0 aliphatic rings. The van der Waals surface area contributed by atoms with Crippen LogP contribution in [0.25, 0.3) is 0 Å². The van der Waals surface area contributed by atoms with Crippen molar-refractivity contribution < 1.29 is 14.5 Å². The van der Waals surface area contributed by atoms with Gasteiger partial charge in [-0.05, 0) is 37.5 Å². The Labute approximate surface area is 152 Å². The fourth-order valence-corrected chi connectivity index (χ4v) is 2.55. The molecule has 0 unspecified atom stereocenters. The van der Waals surface area contributed by atoms with E-state index in [0.717, 1.165) is 6.07 Å². The van der Waals surface area contributed by atoms with E-state index in [4.69, 9.17) is 17.0 Å². The van der Waals surface area contributed by atoms with Gasteiger partial charge < -0.3 is 4.74 Å². The Balaban J connectivity index is 2.14. The van der Waals surface area contributed by atoms with Crippen LogP contribution >= 0.6 is 24.0 Å². The predicted molar refractivity (Wildman–Crippen MR) is 95.6 cm³/mol. The Kier molecular flexibility index (Phi) is 5.88. The SMILES string of the molecule is COc1ccc(C(=O)NC(=S)Nn2c(C)nnc2SC)cc1[N+](=O)[O-]. The van der Waals surface area contributed by atoms with E-state index in [-0.39, 0.29) is 22.1 Å². The summed E-state index contributed by atoms with van der Waals surface area (Å²) in [7, 11) is 1.31. The molecule has 10 nitrogen and oxygen atoms in total. The molecule has 0 saturated heterocycles. The number of rotatable bonds is 5. The molecule has 0 bridgehead atoms. The van der Waals surface area contributed by atoms with Crippen molar-refractivity contribution in [3.8, 4) is 5.75 Å². The lowest BCUT2D eigenvalue weighted by molar-refractivity contribution is -0.385. The van der Waals surface area contributed by atoms with Crippen molar-refractivity contribution in [3.63, 3.8) is 0 Å². The second-order valence-electron chi connectivity index (χ2n) is 4.61. The van der Waals surface area contributed by atoms with E-state index < -0.39 is 10.8 Å². The van der Waals surface area contributed by atoms with Gasteiger partial charge in [-0.3, -0.25) is 25.7 Å². The fourth-order valence-electron chi connectivity index (χ4n) is 1.88. The van der Waals surface area contributed by atoms with Crippen molar-refractivity contribution in [1.82, 2.24) is 20.2 Å². The van der Waals surface area contributed by atoms with Gasteiger partial charge in [0.1, 0.15) is 5.82 Å². The van der Waals surface area contributed by atoms with Crippen LogP contribution in [0.15, 0.2) is 23.4 Å². The van der Waals surface area contributed by atoms with Crippen molar-refractivity contribution in [2.75, 3.05) is 18.8 Å². The van der Waals surface area contributed by atoms with Crippen LogP contribution in [0.1, 0.15) is 16.2 Å². The number of methoxy groups -OCH3 is 1. The average molecular weight is 382 g/mol. The molecule has 0 spiro atoms. The van der Waals surface area contributed by atoms with E-state index in [1.807, 2.05) is 6.26 Å². The van der Waals surface area contributed by atoms with Crippen molar-refractivity contribution in [2.45, 2.75) is 12.1 Å². The lowest BCUT2D eigenvalue weighted by Crippen LogP contribution is -2.38. The number of aromatic nitrogens is 3. The monoisotopic (exact) mass is 382 g/mol. The fraction of sp³-hybridized carbons (Fsp3) is 0.231. The van der Waals surface area contributed by atoms with Crippen LogP contribution in [0.3, 0.4) is 0 Å². The number of aryl methyl sites for hydroxylation is 1. The summed E-state index contributed by atoms with van der Waals surface area (Å²) in [5, 5.41) is 21.9. The molecule has 12 heteroatoms. The quantitative estimate of drug-likeness (QED) is 0.342. The number of carbonyl (C=O) groups excluding carboxylic acids is 1. The molecule has 1 aromatic heterocycles. The molecule has 1 amide bonds. The van der Waals surface area contributed by atoms with E-state index in [0.29, 0.717) is 11.0 Å². The highest BCUT2D eigenvalue weighted by Crippen LogP contribution is 2.27. The second-order valence-corrected chi connectivity index (χ2v) is 5.79. The summed E-state index contributed by atoms with van der Waals surface area (Å²) in [5.74, 6) is 0.0210. The molecule has 0 aliphatic carbocycles. The van der Waals surface area contributed by atoms with Gasteiger partial charge in [0.25, 0.3) is 5.91 Å². The molecule has 2 aromatic rings. The Hall–Kier alpha value is -2.73. The van der Waals surface area contributed by atoms with E-state index in [1.54, 1.807) is 6.92 Å². The molecular formula is C13H14N6O4S2. The maximum atomic E-state index is 12.2. The van der Waals surface area contributed by atoms with Crippen molar-refractivity contribution in [2.24, 2.45) is 0 Å². The van der Waals surface area contributed by atoms with Crippen LogP contribution in [0.5, 0.6) is 5.75 Å². The molecule has 132 valence electrons. The minimum absolute atomic E-state index is 0.00155. The van der Waals surface area contributed by atoms with Gasteiger partial charge in [-0.15, -0.1) is 10.2 Å². The topological polar surface area (TPSA) is 124 Å². The van der Waals surface area contributed by atoms with Crippen LogP contribution in [-0.4, -0.2) is 44.2 Å². The number of hydrogen-bond acceptors (Lipinski definition) is 8. The summed E-state index contributed by atoms with van der Waals surface area (Å²) in [6, 6.07) is 3.87. The van der Waals surface area contributed by atoms with Gasteiger partial charge in [0.05, 0.1) is 12.0 Å². The number of thioether (sulfide) groups is 1. The Morgan fingerprint density at radius 3 is 2.76 bits per heavy atom. The summed E-state index contributed by atoms with van der Waals surface area (Å²) >= 11 is 6.44. The van der Waals surface area contributed by atoms with E-state index in [1.165, 1.54) is 35.7 Å². The maximum Gasteiger partial charge on any atom is 0.311 e. The number of ether oxygens (including phenoxy) is 1. The molecule has 1 heterocycles. The number of nitro groups is 1. The first-order valence-corrected chi connectivity index (χ1v) is 8.41. The zero-order chi connectivity index (χ0) is 18.6. The summed E-state index contributed by atoms with van der Waals surface area (Å²) in [5.41, 5.74) is 2.54. The van der Waals surface area contributed by atoms with E-state index >= 15 is 0 Å². The molecule has 2 N–H and O–H groups in total. The standard InChI is InChI=1S/C13H14N6O4S2/c1-7-15-16-13(25-3)18(7)17-12(24)14-11(20)8-4-5-10(23-2)9(6-8)19(21)22/h4-6H,1-3H3,(H2,14,17,20,24). The summed E-state index contributed by atoms with van der Waals surface area (Å²) < 4.78 is 6.42. The van der Waals surface area contributed by atoms with Crippen molar-refractivity contribution in [1.29, 1.82) is 0 Å². The van der Waals surface area contributed by atoms with Gasteiger partial charge >= 0.3 is 5.69 Å². The normalized spacial score (nSPS) is 10.2. The van der Waals surface area contributed by atoms with Gasteiger partial charge in [0.2, 0.25) is 5.16 Å². The van der Waals surface area contributed by atoms with Gasteiger partial charge in [0.15, 0.2) is 10.9 Å². The minimum atomic E-state index is -0.628. The lowest BCUT2D eigenvalue weighted by Gasteiger charge is -2.12. The van der Waals surface area contributed by atoms with Crippen LogP contribution in [-0.2, 0) is 0 Å². The second kappa shape index (κ2) is 7.90. The third-order valence-electron chi connectivity index (χ3n) is 3.06. The van der Waals surface area contributed by atoms with E-state index in [2.05, 4.69) is 20.9 Å². The Bertz CT molecular complexity index is 838. The van der Waals surface area contributed by atoms with Gasteiger partial charge in [0, 0.05) is 11.6 Å². The first kappa shape index (κ1) is 18.6. The van der Waals surface area contributed by atoms with E-state index in [9.17, 15) is 14.9 Å². The number of benzene rings is 1. The molecular weight excluding hydrogens is 368 g/mol. The van der Waals surface area contributed by atoms with Gasteiger partial charge in [-0.2, -0.15) is 0 Å². The highest BCUT2D eigenvalue weighted by atomic mass is 32.2. The van der Waals surface area contributed by atoms with Crippen molar-refractivity contribution >= 4 is 40.7 Å². The molecule has 1 aromatic carbocycles. The molecule has 0 atom stereocenters. The summed E-state index contributed by atoms with van der Waals surface area (Å²) in [4.78, 5) is 22.7. The molecule has 0 saturated carbocycles. The molecule has 0 radical (unpaired) electrons. The predicted octanol–water partition coefficient (Wildman–Crippen LogP) is 1.48. The smallest absolute Gasteiger partial charge is 0.311 e. The minimum Gasteiger partial charge on any atom is -0.490 e. The first-order chi connectivity index (χ1) is 11.9. The summed E-state index contributed by atoms with van der Waals surface area (Å²) in [6.07, 6.45) is 1.82. The average Bonchev–Trinajstić information content (AvgIpc) is 2.93. The molecule has 0 fully saturated rings. The lowest BCUT2D eigenvalue weighted by atomic mass is 10.2. The first-order valence-electron chi connectivity index (χ1n) is 6.78. The zero-order valence-electron chi connectivity index (χ0n) is 13.5. The van der Waals surface area contributed by atoms with Crippen LogP contribution in [0.4, 0.5) is 5.69 Å². The highest BCUT2D eigenvalue weighted by molar-refractivity contribution is 7.98. The number of nitrogens with zero attached hydrogens (tertiary/aromatic N) is 4. The number of hydrogen-bond donors (Lipinski definition) is 2. The van der Waals surface area contributed by atoms with Crippen LogP contribution < -0.4 is 15.5 Å². The maximum absolute atomic E-state index is 12.2. The molecule has 0 aliphatic heterocycles. The molecule has 25 heavy (non-hydrogen) atoms. The van der Waals surface area contributed by atoms with Crippen molar-refractivity contribution in [3.05, 3.63) is 39.7 Å². The number of nitrogens with one attached hydrogen (secondary N) is 2. The number of carbonyl (C=O) groups is 1. The third kappa shape index (κ3) is 4.22. The number of nitro benzene ring substituents is 1. The summed E-state index contributed by atoms with van der Waals surface area (Å²) in [6.45, 7) is 1.72.